The zero-order valence-electron chi connectivity index (χ0n) is 10.5. The van der Waals surface area contributed by atoms with Crippen LogP contribution in [0.4, 0.5) is 0 Å². The first-order valence-corrected chi connectivity index (χ1v) is 6.16. The molecule has 2 aromatic heterocycles. The molecule has 1 atom stereocenters. The lowest BCUT2D eigenvalue weighted by molar-refractivity contribution is 0.677. The zero-order chi connectivity index (χ0) is 12.7. The van der Waals surface area contributed by atoms with Gasteiger partial charge in [0.1, 0.15) is 0 Å². The highest BCUT2D eigenvalue weighted by Crippen LogP contribution is 2.38. The van der Waals surface area contributed by atoms with Gasteiger partial charge in [0.25, 0.3) is 0 Å². The van der Waals surface area contributed by atoms with Gasteiger partial charge in [0.15, 0.2) is 17.5 Å². The molecule has 6 heteroatoms. The molecule has 0 unspecified atom stereocenters. The van der Waals surface area contributed by atoms with Crippen LogP contribution in [0.15, 0.2) is 12.4 Å². The van der Waals surface area contributed by atoms with E-state index in [-0.39, 0.29) is 6.04 Å². The number of nitrogens with two attached hydrogens (primary N) is 1. The Morgan fingerprint density at radius 3 is 2.67 bits per heavy atom. The molecular weight excluding hydrogens is 228 g/mol. The topological polar surface area (TPSA) is 82.5 Å². The summed E-state index contributed by atoms with van der Waals surface area (Å²) in [6.07, 6.45) is 5.76. The van der Waals surface area contributed by atoms with Crippen LogP contribution in [-0.2, 0) is 0 Å². The Balaban J connectivity index is 2.05. The lowest BCUT2D eigenvalue weighted by Gasteiger charge is -2.06. The molecule has 0 amide bonds. The van der Waals surface area contributed by atoms with E-state index >= 15 is 0 Å². The summed E-state index contributed by atoms with van der Waals surface area (Å²) in [6.45, 7) is 3.80. The monoisotopic (exact) mass is 244 g/mol. The molecule has 2 aromatic rings. The maximum Gasteiger partial charge on any atom is 0.174 e. The number of hydrogen-bond donors (Lipinski definition) is 1. The molecular formula is C12H16N6. The summed E-state index contributed by atoms with van der Waals surface area (Å²) in [5, 5.41) is 4.52. The fourth-order valence-corrected chi connectivity index (χ4v) is 1.81. The lowest BCUT2D eigenvalue weighted by atomic mass is 10.3. The minimum atomic E-state index is -0.173. The molecule has 0 bridgehead atoms. The molecule has 0 aliphatic heterocycles. The number of nitrogens with zero attached hydrogens (tertiary/aromatic N) is 5. The molecule has 2 N–H and O–H groups in total. The van der Waals surface area contributed by atoms with Crippen molar-refractivity contribution in [3.63, 3.8) is 0 Å². The van der Waals surface area contributed by atoms with Crippen LogP contribution in [0.3, 0.4) is 0 Å². The smallest absolute Gasteiger partial charge is 0.174 e. The van der Waals surface area contributed by atoms with E-state index in [4.69, 9.17) is 5.73 Å². The van der Waals surface area contributed by atoms with Crippen molar-refractivity contribution in [2.24, 2.45) is 5.73 Å². The van der Waals surface area contributed by atoms with Gasteiger partial charge in [-0.15, -0.1) is 5.10 Å². The van der Waals surface area contributed by atoms with Gasteiger partial charge in [0, 0.05) is 5.92 Å². The number of aryl methyl sites for hydroxylation is 1. The summed E-state index contributed by atoms with van der Waals surface area (Å²) in [5.41, 5.74) is 6.82. The summed E-state index contributed by atoms with van der Waals surface area (Å²) < 4.78 is 1.71. The third-order valence-electron chi connectivity index (χ3n) is 2.98. The van der Waals surface area contributed by atoms with E-state index in [0.717, 1.165) is 17.3 Å². The van der Waals surface area contributed by atoms with Gasteiger partial charge in [0.2, 0.25) is 0 Å². The van der Waals surface area contributed by atoms with Crippen LogP contribution in [0, 0.1) is 6.92 Å². The third kappa shape index (κ3) is 1.99. The molecule has 1 saturated carbocycles. The Morgan fingerprint density at radius 1 is 1.33 bits per heavy atom. The molecule has 0 saturated heterocycles. The minimum Gasteiger partial charge on any atom is -0.322 e. The number of hydrogen-bond acceptors (Lipinski definition) is 5. The van der Waals surface area contributed by atoms with E-state index < -0.39 is 0 Å². The maximum absolute atomic E-state index is 5.94. The van der Waals surface area contributed by atoms with Crippen molar-refractivity contribution in [2.45, 2.75) is 38.6 Å². The van der Waals surface area contributed by atoms with Crippen molar-refractivity contribution in [1.29, 1.82) is 0 Å². The van der Waals surface area contributed by atoms with Crippen molar-refractivity contribution in [3.8, 4) is 5.82 Å². The van der Waals surface area contributed by atoms with E-state index in [2.05, 4.69) is 20.1 Å². The van der Waals surface area contributed by atoms with E-state index in [1.165, 1.54) is 12.8 Å². The highest BCUT2D eigenvalue weighted by Gasteiger charge is 2.30. The molecule has 18 heavy (non-hydrogen) atoms. The largest absolute Gasteiger partial charge is 0.322 e. The van der Waals surface area contributed by atoms with Crippen molar-refractivity contribution in [3.05, 3.63) is 29.7 Å². The fraction of sp³-hybridized carbons (Fsp3) is 0.500. The van der Waals surface area contributed by atoms with Crippen molar-refractivity contribution in [2.75, 3.05) is 0 Å². The van der Waals surface area contributed by atoms with Gasteiger partial charge in [-0.05, 0) is 26.7 Å². The second-order valence-corrected chi connectivity index (χ2v) is 4.82. The van der Waals surface area contributed by atoms with E-state index in [1.54, 1.807) is 17.1 Å². The van der Waals surface area contributed by atoms with E-state index in [9.17, 15) is 0 Å². The summed E-state index contributed by atoms with van der Waals surface area (Å²) in [7, 11) is 0. The first kappa shape index (κ1) is 11.3. The molecule has 0 spiro atoms. The van der Waals surface area contributed by atoms with Crippen LogP contribution >= 0.6 is 0 Å². The molecule has 1 aliphatic rings. The number of rotatable bonds is 3. The quantitative estimate of drug-likeness (QED) is 0.879. The molecule has 0 radical (unpaired) electrons. The summed E-state index contributed by atoms with van der Waals surface area (Å²) >= 11 is 0. The Morgan fingerprint density at radius 2 is 2.11 bits per heavy atom. The second-order valence-electron chi connectivity index (χ2n) is 4.82. The third-order valence-corrected chi connectivity index (χ3v) is 2.98. The molecule has 1 fully saturated rings. The Hall–Kier alpha value is -1.82. The Bertz CT molecular complexity index is 552. The minimum absolute atomic E-state index is 0.173. The Labute approximate surface area is 105 Å². The highest BCUT2D eigenvalue weighted by atomic mass is 15.4. The molecule has 0 aromatic carbocycles. The molecule has 94 valence electrons. The fourth-order valence-electron chi connectivity index (χ4n) is 1.81. The van der Waals surface area contributed by atoms with Gasteiger partial charge >= 0.3 is 0 Å². The van der Waals surface area contributed by atoms with Gasteiger partial charge in [0.05, 0.1) is 24.1 Å². The Kier molecular flexibility index (Phi) is 2.59. The van der Waals surface area contributed by atoms with Crippen LogP contribution in [0.25, 0.3) is 5.82 Å². The standard InChI is InChI=1S/C12H16N6/c1-7-5-15-10(6-14-7)18-12(8(2)13)16-11(17-18)9-3-4-9/h5-6,8-9H,3-4,13H2,1-2H3/t8-/m0/s1. The van der Waals surface area contributed by atoms with Gasteiger partial charge in [-0.1, -0.05) is 0 Å². The van der Waals surface area contributed by atoms with Crippen LogP contribution in [-0.4, -0.2) is 24.7 Å². The highest BCUT2D eigenvalue weighted by molar-refractivity contribution is 5.22. The number of aromatic nitrogens is 5. The van der Waals surface area contributed by atoms with Crippen molar-refractivity contribution >= 4 is 0 Å². The molecule has 3 rings (SSSR count). The first-order chi connectivity index (χ1) is 8.65. The maximum atomic E-state index is 5.94. The predicted octanol–water partition coefficient (Wildman–Crippen LogP) is 1.26. The zero-order valence-corrected chi connectivity index (χ0v) is 10.5. The van der Waals surface area contributed by atoms with E-state index in [0.29, 0.717) is 11.7 Å². The molecule has 6 nitrogen and oxygen atoms in total. The molecule has 1 aliphatic carbocycles. The second kappa shape index (κ2) is 4.13. The predicted molar refractivity (Wildman–Crippen MR) is 66.3 cm³/mol. The van der Waals surface area contributed by atoms with Gasteiger partial charge in [-0.3, -0.25) is 4.98 Å². The van der Waals surface area contributed by atoms with Crippen LogP contribution in [0.5, 0.6) is 0 Å². The summed E-state index contributed by atoms with van der Waals surface area (Å²) in [6, 6.07) is -0.173. The van der Waals surface area contributed by atoms with Gasteiger partial charge in [-0.25, -0.2) is 9.97 Å². The summed E-state index contributed by atoms with van der Waals surface area (Å²) in [5.74, 6) is 2.80. The van der Waals surface area contributed by atoms with Crippen molar-refractivity contribution in [1.82, 2.24) is 24.7 Å². The average Bonchev–Trinajstić information content (AvgIpc) is 3.09. The lowest BCUT2D eigenvalue weighted by Crippen LogP contribution is -2.14. The van der Waals surface area contributed by atoms with Gasteiger partial charge < -0.3 is 5.73 Å². The van der Waals surface area contributed by atoms with Crippen LogP contribution in [0.2, 0.25) is 0 Å². The summed E-state index contributed by atoms with van der Waals surface area (Å²) in [4.78, 5) is 13.1. The van der Waals surface area contributed by atoms with Crippen LogP contribution in [0.1, 0.15) is 49.1 Å². The average molecular weight is 244 g/mol. The normalized spacial score (nSPS) is 16.8. The van der Waals surface area contributed by atoms with Crippen LogP contribution < -0.4 is 5.73 Å². The molecule has 2 heterocycles. The van der Waals surface area contributed by atoms with Gasteiger partial charge in [-0.2, -0.15) is 4.68 Å². The van der Waals surface area contributed by atoms with Crippen molar-refractivity contribution < 1.29 is 0 Å². The SMILES string of the molecule is Cc1cnc(-n2nc(C3CC3)nc2[C@H](C)N)cn1. The first-order valence-electron chi connectivity index (χ1n) is 6.16. The van der Waals surface area contributed by atoms with E-state index in [1.807, 2.05) is 13.8 Å².